The summed E-state index contributed by atoms with van der Waals surface area (Å²) in [5, 5.41) is 10.7. The highest BCUT2D eigenvalue weighted by Gasteiger charge is 2.22. The van der Waals surface area contributed by atoms with Crippen LogP contribution in [0.25, 0.3) is 0 Å². The number of thioether (sulfide) groups is 1. The molecule has 0 fully saturated rings. The van der Waals surface area contributed by atoms with Crippen LogP contribution < -0.4 is 0 Å². The van der Waals surface area contributed by atoms with Gasteiger partial charge in [-0.3, -0.25) is 4.79 Å². The van der Waals surface area contributed by atoms with Crippen LogP contribution >= 0.6 is 11.8 Å². The zero-order valence-corrected chi connectivity index (χ0v) is 12.1. The van der Waals surface area contributed by atoms with Gasteiger partial charge < -0.3 is 10.0 Å². The van der Waals surface area contributed by atoms with Gasteiger partial charge in [0.1, 0.15) is 0 Å². The van der Waals surface area contributed by atoms with E-state index in [2.05, 4.69) is 4.98 Å². The molecular formula is C13H20N2O2S. The predicted molar refractivity (Wildman–Crippen MR) is 73.9 cm³/mol. The normalized spacial score (nSPS) is 11.4. The second-order valence-corrected chi connectivity index (χ2v) is 5.55. The molecule has 1 aromatic heterocycles. The lowest BCUT2D eigenvalue weighted by molar-refractivity contribution is 0.0314. The lowest BCUT2D eigenvalue weighted by Crippen LogP contribution is -2.42. The fourth-order valence-corrected chi connectivity index (χ4v) is 1.97. The Morgan fingerprint density at radius 2 is 2.17 bits per heavy atom. The van der Waals surface area contributed by atoms with Crippen molar-refractivity contribution >= 4 is 17.7 Å². The van der Waals surface area contributed by atoms with Crippen molar-refractivity contribution in [2.75, 3.05) is 19.3 Å². The Hall–Kier alpha value is -1.07. The van der Waals surface area contributed by atoms with Gasteiger partial charge in [-0.2, -0.15) is 0 Å². The number of hydrogen-bond acceptors (Lipinski definition) is 4. The molecule has 18 heavy (non-hydrogen) atoms. The number of carbonyl (C=O) groups is 1. The van der Waals surface area contributed by atoms with Crippen LogP contribution in [-0.2, 0) is 0 Å². The van der Waals surface area contributed by atoms with E-state index < -0.39 is 5.60 Å². The standard InChI is InChI=1S/C13H20N2O2S/c1-5-15(9-13(2,3)17)12(16)10-6-7-11(18-4)14-8-10/h6-8,17H,5,9H2,1-4H3. The Kier molecular flexibility index (Phi) is 5.16. The van der Waals surface area contributed by atoms with Crippen LogP contribution in [0.1, 0.15) is 31.1 Å². The van der Waals surface area contributed by atoms with E-state index >= 15 is 0 Å². The zero-order chi connectivity index (χ0) is 13.8. The van der Waals surface area contributed by atoms with E-state index in [9.17, 15) is 9.90 Å². The first-order valence-electron chi connectivity index (χ1n) is 5.89. The van der Waals surface area contributed by atoms with Gasteiger partial charge in [0.05, 0.1) is 16.2 Å². The van der Waals surface area contributed by atoms with E-state index in [-0.39, 0.29) is 5.91 Å². The van der Waals surface area contributed by atoms with Crippen molar-refractivity contribution in [2.24, 2.45) is 0 Å². The molecule has 0 bridgehead atoms. The summed E-state index contributed by atoms with van der Waals surface area (Å²) in [6.07, 6.45) is 3.53. The van der Waals surface area contributed by atoms with Gasteiger partial charge in [0, 0.05) is 19.3 Å². The molecule has 1 N–H and O–H groups in total. The van der Waals surface area contributed by atoms with Gasteiger partial charge in [0.15, 0.2) is 0 Å². The Morgan fingerprint density at radius 1 is 1.50 bits per heavy atom. The minimum absolute atomic E-state index is 0.0974. The first-order chi connectivity index (χ1) is 8.37. The molecule has 0 saturated carbocycles. The molecule has 1 aromatic rings. The van der Waals surface area contributed by atoms with Crippen molar-refractivity contribution < 1.29 is 9.90 Å². The lowest BCUT2D eigenvalue weighted by atomic mass is 10.1. The number of aliphatic hydroxyl groups is 1. The minimum Gasteiger partial charge on any atom is -0.389 e. The van der Waals surface area contributed by atoms with Crippen LogP contribution in [0.4, 0.5) is 0 Å². The molecule has 0 aliphatic rings. The van der Waals surface area contributed by atoms with Gasteiger partial charge in [0.25, 0.3) is 5.91 Å². The topological polar surface area (TPSA) is 53.4 Å². The lowest BCUT2D eigenvalue weighted by Gasteiger charge is -2.28. The van der Waals surface area contributed by atoms with Crippen molar-refractivity contribution in [1.82, 2.24) is 9.88 Å². The van der Waals surface area contributed by atoms with Crippen LogP contribution in [0.2, 0.25) is 0 Å². The number of carbonyl (C=O) groups excluding carboxylic acids is 1. The number of hydrogen-bond donors (Lipinski definition) is 1. The third-order valence-corrected chi connectivity index (χ3v) is 3.10. The van der Waals surface area contributed by atoms with Gasteiger partial charge in [-0.15, -0.1) is 11.8 Å². The molecule has 4 nitrogen and oxygen atoms in total. The second kappa shape index (κ2) is 6.20. The maximum Gasteiger partial charge on any atom is 0.255 e. The fourth-order valence-electron chi connectivity index (χ4n) is 1.60. The average Bonchev–Trinajstić information content (AvgIpc) is 2.34. The molecule has 100 valence electrons. The van der Waals surface area contributed by atoms with Crippen LogP contribution in [-0.4, -0.2) is 45.8 Å². The van der Waals surface area contributed by atoms with Crippen LogP contribution in [0.15, 0.2) is 23.4 Å². The maximum absolute atomic E-state index is 12.2. The highest BCUT2D eigenvalue weighted by Crippen LogP contribution is 2.13. The van der Waals surface area contributed by atoms with Crippen LogP contribution in [0, 0.1) is 0 Å². The van der Waals surface area contributed by atoms with Crippen molar-refractivity contribution in [1.29, 1.82) is 0 Å². The van der Waals surface area contributed by atoms with Gasteiger partial charge in [0.2, 0.25) is 0 Å². The first kappa shape index (κ1) is 15.0. The molecule has 1 amide bonds. The number of rotatable bonds is 5. The summed E-state index contributed by atoms with van der Waals surface area (Å²) < 4.78 is 0. The van der Waals surface area contributed by atoms with Crippen molar-refractivity contribution in [3.63, 3.8) is 0 Å². The van der Waals surface area contributed by atoms with E-state index in [1.54, 1.807) is 31.0 Å². The molecule has 0 aliphatic heterocycles. The maximum atomic E-state index is 12.2. The van der Waals surface area contributed by atoms with Gasteiger partial charge in [-0.1, -0.05) is 0 Å². The Labute approximate surface area is 112 Å². The molecule has 1 heterocycles. The zero-order valence-electron chi connectivity index (χ0n) is 11.3. The van der Waals surface area contributed by atoms with E-state index in [1.165, 1.54) is 11.8 Å². The summed E-state index contributed by atoms with van der Waals surface area (Å²) in [5.74, 6) is -0.0974. The largest absolute Gasteiger partial charge is 0.389 e. The molecule has 0 saturated heterocycles. The molecule has 5 heteroatoms. The molecule has 0 aliphatic carbocycles. The number of likely N-dealkylation sites (N-methyl/N-ethyl adjacent to an activating group) is 1. The third-order valence-electron chi connectivity index (χ3n) is 2.44. The van der Waals surface area contributed by atoms with E-state index in [0.717, 1.165) is 5.03 Å². The van der Waals surface area contributed by atoms with Crippen molar-refractivity contribution in [3.8, 4) is 0 Å². The van der Waals surface area contributed by atoms with Gasteiger partial charge in [-0.05, 0) is 39.2 Å². The Morgan fingerprint density at radius 3 is 2.56 bits per heavy atom. The Bertz CT molecular complexity index is 398. The third kappa shape index (κ3) is 4.31. The van der Waals surface area contributed by atoms with E-state index in [4.69, 9.17) is 0 Å². The highest BCUT2D eigenvalue weighted by molar-refractivity contribution is 7.98. The summed E-state index contributed by atoms with van der Waals surface area (Å²) in [5.41, 5.74) is -0.336. The summed E-state index contributed by atoms with van der Waals surface area (Å²) in [6, 6.07) is 3.60. The number of amides is 1. The van der Waals surface area contributed by atoms with Crippen molar-refractivity contribution in [3.05, 3.63) is 23.9 Å². The quantitative estimate of drug-likeness (QED) is 0.830. The molecule has 0 unspecified atom stereocenters. The summed E-state index contributed by atoms with van der Waals surface area (Å²) in [6.45, 7) is 6.16. The average molecular weight is 268 g/mol. The number of nitrogens with zero attached hydrogens (tertiary/aromatic N) is 2. The predicted octanol–water partition coefficient (Wildman–Crippen LogP) is 2.04. The summed E-state index contributed by atoms with van der Waals surface area (Å²) >= 11 is 1.54. The number of aromatic nitrogens is 1. The summed E-state index contributed by atoms with van der Waals surface area (Å²) in [4.78, 5) is 18.0. The van der Waals surface area contributed by atoms with Crippen LogP contribution in [0.3, 0.4) is 0 Å². The smallest absolute Gasteiger partial charge is 0.255 e. The van der Waals surface area contributed by atoms with Gasteiger partial charge >= 0.3 is 0 Å². The second-order valence-electron chi connectivity index (χ2n) is 4.72. The molecule has 0 spiro atoms. The minimum atomic E-state index is -0.891. The molecular weight excluding hydrogens is 248 g/mol. The first-order valence-corrected chi connectivity index (χ1v) is 7.11. The summed E-state index contributed by atoms with van der Waals surface area (Å²) in [7, 11) is 0. The fraction of sp³-hybridized carbons (Fsp3) is 0.538. The number of pyridine rings is 1. The monoisotopic (exact) mass is 268 g/mol. The van der Waals surface area contributed by atoms with Gasteiger partial charge in [-0.25, -0.2) is 4.98 Å². The Balaban J connectivity index is 2.82. The SMILES string of the molecule is CCN(CC(C)(C)O)C(=O)c1ccc(SC)nc1. The van der Waals surface area contributed by atoms with Crippen molar-refractivity contribution in [2.45, 2.75) is 31.4 Å². The van der Waals surface area contributed by atoms with E-state index in [1.807, 2.05) is 19.2 Å². The van der Waals surface area contributed by atoms with E-state index in [0.29, 0.717) is 18.7 Å². The molecule has 0 aromatic carbocycles. The van der Waals surface area contributed by atoms with Crippen LogP contribution in [0.5, 0.6) is 0 Å². The molecule has 1 rings (SSSR count). The molecule has 0 radical (unpaired) electrons. The molecule has 0 atom stereocenters. The highest BCUT2D eigenvalue weighted by atomic mass is 32.2.